The number of rotatable bonds is 7. The molecule has 0 fully saturated rings. The zero-order valence-electron chi connectivity index (χ0n) is 14.8. The van der Waals surface area contributed by atoms with Gasteiger partial charge in [-0.3, -0.25) is 10.1 Å². The second-order valence-electron chi connectivity index (χ2n) is 5.27. The molecule has 0 aliphatic carbocycles. The van der Waals surface area contributed by atoms with E-state index >= 15 is 0 Å². The Labute approximate surface area is 155 Å². The summed E-state index contributed by atoms with van der Waals surface area (Å²) in [4.78, 5) is 35.8. The molecule has 0 bridgehead atoms. The van der Waals surface area contributed by atoms with Gasteiger partial charge in [0.25, 0.3) is 0 Å². The number of anilines is 1. The number of esters is 1. The van der Waals surface area contributed by atoms with E-state index < -0.39 is 30.3 Å². The number of methoxy groups -OCH3 is 1. The normalized spacial score (nSPS) is 10.0. The third-order valence-electron chi connectivity index (χ3n) is 3.42. The Morgan fingerprint density at radius 3 is 2.56 bits per heavy atom. The van der Waals surface area contributed by atoms with Crippen LogP contribution in [0.25, 0.3) is 0 Å². The van der Waals surface area contributed by atoms with Gasteiger partial charge >= 0.3 is 12.1 Å². The van der Waals surface area contributed by atoms with Gasteiger partial charge in [0.1, 0.15) is 11.6 Å². The molecular weight excluding hydrogens is 357 g/mol. The molecule has 0 saturated carbocycles. The maximum atomic E-state index is 13.4. The molecular formula is C19H18FNO6. The molecule has 0 spiro atoms. The summed E-state index contributed by atoms with van der Waals surface area (Å²) in [5, 5.41) is 2.46. The van der Waals surface area contributed by atoms with Crippen LogP contribution in [0.1, 0.15) is 27.6 Å². The first-order valence-electron chi connectivity index (χ1n) is 8.02. The van der Waals surface area contributed by atoms with Crippen molar-refractivity contribution in [2.45, 2.75) is 6.92 Å². The molecule has 0 unspecified atom stereocenters. The van der Waals surface area contributed by atoms with Crippen molar-refractivity contribution in [3.8, 4) is 5.75 Å². The lowest BCUT2D eigenvalue weighted by molar-refractivity contribution is 0.0474. The molecule has 0 radical (unpaired) electrons. The number of halogens is 1. The highest BCUT2D eigenvalue weighted by Crippen LogP contribution is 2.20. The minimum Gasteiger partial charge on any atom is -0.496 e. The monoisotopic (exact) mass is 375 g/mol. The second-order valence-corrected chi connectivity index (χ2v) is 5.27. The molecule has 0 aromatic heterocycles. The number of ether oxygens (including phenoxy) is 3. The quantitative estimate of drug-likeness (QED) is 0.589. The van der Waals surface area contributed by atoms with E-state index in [1.54, 1.807) is 13.0 Å². The lowest BCUT2D eigenvalue weighted by Crippen LogP contribution is -2.16. The summed E-state index contributed by atoms with van der Waals surface area (Å²) < 4.78 is 28.1. The minimum atomic E-state index is -0.772. The summed E-state index contributed by atoms with van der Waals surface area (Å²) in [6.45, 7) is 1.28. The second kappa shape index (κ2) is 9.33. The number of hydrogen-bond acceptors (Lipinski definition) is 6. The van der Waals surface area contributed by atoms with Gasteiger partial charge < -0.3 is 14.2 Å². The van der Waals surface area contributed by atoms with Crippen LogP contribution in [-0.4, -0.2) is 38.2 Å². The number of benzene rings is 2. The third-order valence-corrected chi connectivity index (χ3v) is 3.42. The average Bonchev–Trinajstić information content (AvgIpc) is 2.66. The molecule has 2 aromatic carbocycles. The topological polar surface area (TPSA) is 90.9 Å². The lowest BCUT2D eigenvalue weighted by atomic mass is 10.1. The van der Waals surface area contributed by atoms with Crippen LogP contribution >= 0.6 is 0 Å². The average molecular weight is 375 g/mol. The van der Waals surface area contributed by atoms with E-state index in [2.05, 4.69) is 5.32 Å². The van der Waals surface area contributed by atoms with E-state index in [9.17, 15) is 18.8 Å². The van der Waals surface area contributed by atoms with E-state index in [-0.39, 0.29) is 23.5 Å². The number of carbonyl (C=O) groups excluding carboxylic acids is 3. The van der Waals surface area contributed by atoms with Crippen LogP contribution in [-0.2, 0) is 9.47 Å². The molecule has 0 atom stereocenters. The highest BCUT2D eigenvalue weighted by atomic mass is 19.1. The molecule has 2 aromatic rings. The summed E-state index contributed by atoms with van der Waals surface area (Å²) >= 11 is 0. The van der Waals surface area contributed by atoms with Gasteiger partial charge in [0.05, 0.1) is 24.8 Å². The number of hydrogen-bond donors (Lipinski definition) is 1. The SMILES string of the molecule is CCOC(=O)Nc1cccc(C(=O)OCC(=O)c2cc(F)ccc2OC)c1. The predicted octanol–water partition coefficient (Wildman–Crippen LogP) is 3.44. The number of amides is 1. The van der Waals surface area contributed by atoms with Crippen LogP contribution in [0.4, 0.5) is 14.9 Å². The number of nitrogens with one attached hydrogen (secondary N) is 1. The molecule has 0 aliphatic heterocycles. The molecule has 7 nitrogen and oxygen atoms in total. The fourth-order valence-corrected chi connectivity index (χ4v) is 2.20. The molecule has 0 heterocycles. The Hall–Kier alpha value is -3.42. The Kier molecular flexibility index (Phi) is 6.87. The fraction of sp³-hybridized carbons (Fsp3) is 0.211. The molecule has 27 heavy (non-hydrogen) atoms. The Morgan fingerprint density at radius 1 is 1.07 bits per heavy atom. The van der Waals surface area contributed by atoms with E-state index in [1.807, 2.05) is 0 Å². The maximum Gasteiger partial charge on any atom is 0.411 e. The van der Waals surface area contributed by atoms with Crippen LogP contribution in [0.15, 0.2) is 42.5 Å². The van der Waals surface area contributed by atoms with Crippen molar-refractivity contribution in [2.24, 2.45) is 0 Å². The minimum absolute atomic E-state index is 0.0250. The van der Waals surface area contributed by atoms with E-state index in [0.29, 0.717) is 5.69 Å². The van der Waals surface area contributed by atoms with Gasteiger partial charge in [-0.15, -0.1) is 0 Å². The molecule has 142 valence electrons. The summed E-state index contributed by atoms with van der Waals surface area (Å²) in [6.07, 6.45) is -0.656. The van der Waals surface area contributed by atoms with Crippen molar-refractivity contribution in [1.29, 1.82) is 0 Å². The van der Waals surface area contributed by atoms with Crippen LogP contribution < -0.4 is 10.1 Å². The van der Waals surface area contributed by atoms with Crippen molar-refractivity contribution < 1.29 is 33.0 Å². The van der Waals surface area contributed by atoms with Crippen molar-refractivity contribution in [3.05, 3.63) is 59.4 Å². The fourth-order valence-electron chi connectivity index (χ4n) is 2.20. The summed E-state index contributed by atoms with van der Waals surface area (Å²) in [6, 6.07) is 9.43. The third kappa shape index (κ3) is 5.53. The van der Waals surface area contributed by atoms with E-state index in [0.717, 1.165) is 12.1 Å². The van der Waals surface area contributed by atoms with Gasteiger partial charge in [-0.2, -0.15) is 0 Å². The van der Waals surface area contributed by atoms with E-state index in [4.69, 9.17) is 14.2 Å². The molecule has 1 amide bonds. The summed E-state index contributed by atoms with van der Waals surface area (Å²) in [7, 11) is 1.35. The van der Waals surface area contributed by atoms with Crippen molar-refractivity contribution in [1.82, 2.24) is 0 Å². The van der Waals surface area contributed by atoms with Gasteiger partial charge in [-0.1, -0.05) is 6.07 Å². The van der Waals surface area contributed by atoms with Gasteiger partial charge in [0.2, 0.25) is 5.78 Å². The summed E-state index contributed by atoms with van der Waals surface area (Å²) in [5.74, 6) is -1.81. The number of ketones is 1. The Balaban J connectivity index is 2.02. The van der Waals surface area contributed by atoms with Crippen LogP contribution in [0.3, 0.4) is 0 Å². The largest absolute Gasteiger partial charge is 0.496 e. The van der Waals surface area contributed by atoms with Gasteiger partial charge in [0.15, 0.2) is 6.61 Å². The predicted molar refractivity (Wildman–Crippen MR) is 94.7 cm³/mol. The van der Waals surface area contributed by atoms with Gasteiger partial charge in [0, 0.05) is 5.69 Å². The van der Waals surface area contributed by atoms with Crippen molar-refractivity contribution in [2.75, 3.05) is 25.6 Å². The number of carbonyl (C=O) groups is 3. The van der Waals surface area contributed by atoms with Crippen LogP contribution in [0.2, 0.25) is 0 Å². The Bertz CT molecular complexity index is 852. The first-order valence-corrected chi connectivity index (χ1v) is 8.02. The zero-order chi connectivity index (χ0) is 19.8. The lowest BCUT2D eigenvalue weighted by Gasteiger charge is -2.09. The molecule has 0 saturated heterocycles. The van der Waals surface area contributed by atoms with Crippen molar-refractivity contribution in [3.63, 3.8) is 0 Å². The number of Topliss-reactive ketones (excluding diaryl/α,β-unsaturated/α-hetero) is 1. The molecule has 2 rings (SSSR count). The molecule has 1 N–H and O–H groups in total. The maximum absolute atomic E-state index is 13.4. The highest BCUT2D eigenvalue weighted by molar-refractivity contribution is 6.01. The molecule has 0 aliphatic rings. The standard InChI is InChI=1S/C19H18FNO6/c1-3-26-19(24)21-14-6-4-5-12(9-14)18(23)27-11-16(22)15-10-13(20)7-8-17(15)25-2/h4-10H,3,11H2,1-2H3,(H,21,24). The smallest absolute Gasteiger partial charge is 0.411 e. The first kappa shape index (κ1) is 19.9. The summed E-state index contributed by atoms with van der Waals surface area (Å²) in [5.41, 5.74) is 0.437. The zero-order valence-corrected chi connectivity index (χ0v) is 14.8. The van der Waals surface area contributed by atoms with Crippen LogP contribution in [0, 0.1) is 5.82 Å². The Morgan fingerprint density at radius 2 is 1.85 bits per heavy atom. The van der Waals surface area contributed by atoms with Gasteiger partial charge in [-0.05, 0) is 43.3 Å². The highest BCUT2D eigenvalue weighted by Gasteiger charge is 2.17. The molecule has 8 heteroatoms. The van der Waals surface area contributed by atoms with Gasteiger partial charge in [-0.25, -0.2) is 14.0 Å². The van der Waals surface area contributed by atoms with Crippen LogP contribution in [0.5, 0.6) is 5.75 Å². The van der Waals surface area contributed by atoms with E-state index in [1.165, 1.54) is 31.4 Å². The van der Waals surface area contributed by atoms with Crippen molar-refractivity contribution >= 4 is 23.5 Å². The first-order chi connectivity index (χ1) is 12.9.